The molecule has 0 saturated heterocycles. The molecule has 0 radical (unpaired) electrons. The smallest absolute Gasteiger partial charge is 0.338 e. The fraction of sp³-hybridized carbons (Fsp3) is 0.176. The normalized spacial score (nSPS) is 10.8. The number of methoxy groups -OCH3 is 1. The molecule has 8 heteroatoms. The number of anilines is 1. The van der Waals surface area contributed by atoms with Gasteiger partial charge in [0, 0.05) is 5.69 Å². The maximum atomic E-state index is 12.4. The van der Waals surface area contributed by atoms with Gasteiger partial charge in [0.15, 0.2) is 0 Å². The lowest BCUT2D eigenvalue weighted by molar-refractivity contribution is 0.0525. The van der Waals surface area contributed by atoms with Crippen molar-refractivity contribution in [2.45, 2.75) is 11.8 Å². The van der Waals surface area contributed by atoms with Crippen molar-refractivity contribution in [1.29, 1.82) is 0 Å². The second-order valence-electron chi connectivity index (χ2n) is 4.92. The molecule has 2 aromatic carbocycles. The molecule has 0 heterocycles. The lowest BCUT2D eigenvalue weighted by atomic mass is 10.2. The molecule has 0 aliphatic rings. The number of benzene rings is 2. The number of hydrogen-bond donors (Lipinski definition) is 1. The van der Waals surface area contributed by atoms with Crippen molar-refractivity contribution in [1.82, 2.24) is 0 Å². The SMILES string of the molecule is CCOC(=O)c1ccc(NS(=O)(=O)c2cccc(C(=O)OC)c2)cc1. The van der Waals surface area contributed by atoms with Gasteiger partial charge in [-0.05, 0) is 49.4 Å². The summed E-state index contributed by atoms with van der Waals surface area (Å²) in [5.74, 6) is -1.11. The van der Waals surface area contributed by atoms with E-state index in [1.165, 1.54) is 55.6 Å². The van der Waals surface area contributed by atoms with Crippen molar-refractivity contribution in [3.05, 3.63) is 59.7 Å². The van der Waals surface area contributed by atoms with Crippen molar-refractivity contribution in [3.8, 4) is 0 Å². The molecule has 0 aliphatic carbocycles. The summed E-state index contributed by atoms with van der Waals surface area (Å²) in [6.45, 7) is 1.95. The van der Waals surface area contributed by atoms with Gasteiger partial charge in [0.1, 0.15) is 0 Å². The second-order valence-corrected chi connectivity index (χ2v) is 6.61. The van der Waals surface area contributed by atoms with E-state index in [1.54, 1.807) is 6.92 Å². The maximum Gasteiger partial charge on any atom is 0.338 e. The fourth-order valence-corrected chi connectivity index (χ4v) is 3.12. The number of sulfonamides is 1. The Labute approximate surface area is 145 Å². The number of esters is 2. The monoisotopic (exact) mass is 363 g/mol. The van der Waals surface area contributed by atoms with E-state index in [1.807, 2.05) is 0 Å². The van der Waals surface area contributed by atoms with Gasteiger partial charge in [-0.1, -0.05) is 6.07 Å². The molecule has 0 saturated carbocycles. The summed E-state index contributed by atoms with van der Waals surface area (Å²) in [7, 11) is -2.68. The largest absolute Gasteiger partial charge is 0.465 e. The zero-order chi connectivity index (χ0) is 18.4. The average molecular weight is 363 g/mol. The summed E-state index contributed by atoms with van der Waals surface area (Å²) in [6.07, 6.45) is 0. The fourth-order valence-electron chi connectivity index (χ4n) is 2.01. The number of hydrogen-bond acceptors (Lipinski definition) is 6. The van der Waals surface area contributed by atoms with Gasteiger partial charge in [-0.25, -0.2) is 18.0 Å². The van der Waals surface area contributed by atoms with Crippen LogP contribution in [0.1, 0.15) is 27.6 Å². The van der Waals surface area contributed by atoms with E-state index in [9.17, 15) is 18.0 Å². The number of carbonyl (C=O) groups excluding carboxylic acids is 2. The molecule has 2 rings (SSSR count). The van der Waals surface area contributed by atoms with Crippen LogP contribution < -0.4 is 4.72 Å². The summed E-state index contributed by atoms with van der Waals surface area (Å²) < 4.78 is 36.7. The minimum Gasteiger partial charge on any atom is -0.465 e. The molecule has 132 valence electrons. The van der Waals surface area contributed by atoms with Gasteiger partial charge in [-0.3, -0.25) is 4.72 Å². The molecule has 0 aromatic heterocycles. The first-order chi connectivity index (χ1) is 11.9. The Hall–Kier alpha value is -2.87. The quantitative estimate of drug-likeness (QED) is 0.792. The van der Waals surface area contributed by atoms with Crippen LogP contribution in [0.15, 0.2) is 53.4 Å². The van der Waals surface area contributed by atoms with Crippen LogP contribution in [0.25, 0.3) is 0 Å². The first-order valence-electron chi connectivity index (χ1n) is 7.35. The molecule has 0 spiro atoms. The summed E-state index contributed by atoms with van der Waals surface area (Å²) in [5.41, 5.74) is 0.719. The van der Waals surface area contributed by atoms with Crippen LogP contribution in [0, 0.1) is 0 Å². The van der Waals surface area contributed by atoms with Crippen molar-refractivity contribution in [2.75, 3.05) is 18.4 Å². The van der Waals surface area contributed by atoms with E-state index < -0.39 is 22.0 Å². The van der Waals surface area contributed by atoms with Crippen LogP contribution in [-0.4, -0.2) is 34.1 Å². The van der Waals surface area contributed by atoms with Crippen LogP contribution >= 0.6 is 0 Å². The van der Waals surface area contributed by atoms with Crippen LogP contribution in [0.3, 0.4) is 0 Å². The van der Waals surface area contributed by atoms with Crippen molar-refractivity contribution >= 4 is 27.6 Å². The predicted octanol–water partition coefficient (Wildman–Crippen LogP) is 2.45. The van der Waals surface area contributed by atoms with Gasteiger partial charge in [0.05, 0.1) is 29.7 Å². The molecule has 0 atom stereocenters. The molecule has 1 N–H and O–H groups in total. The van der Waals surface area contributed by atoms with Crippen LogP contribution in [0.4, 0.5) is 5.69 Å². The molecule has 0 bridgehead atoms. The number of rotatable bonds is 6. The van der Waals surface area contributed by atoms with E-state index in [4.69, 9.17) is 4.74 Å². The van der Waals surface area contributed by atoms with E-state index in [2.05, 4.69) is 9.46 Å². The van der Waals surface area contributed by atoms with Gasteiger partial charge in [-0.15, -0.1) is 0 Å². The van der Waals surface area contributed by atoms with Gasteiger partial charge in [0.25, 0.3) is 10.0 Å². The number of ether oxygens (including phenoxy) is 2. The molecule has 0 amide bonds. The highest BCUT2D eigenvalue weighted by Gasteiger charge is 2.17. The standard InChI is InChI=1S/C17H17NO6S/c1-3-24-17(20)12-7-9-14(10-8-12)18-25(21,22)15-6-4-5-13(11-15)16(19)23-2/h4-11,18H,3H2,1-2H3. The maximum absolute atomic E-state index is 12.4. The minimum absolute atomic E-state index is 0.0788. The first-order valence-corrected chi connectivity index (χ1v) is 8.84. The molecule has 2 aromatic rings. The molecule has 7 nitrogen and oxygen atoms in total. The van der Waals surface area contributed by atoms with E-state index in [0.717, 1.165) is 0 Å². The average Bonchev–Trinajstić information content (AvgIpc) is 2.61. The molecular weight excluding hydrogens is 346 g/mol. The molecule has 25 heavy (non-hydrogen) atoms. The van der Waals surface area contributed by atoms with Gasteiger partial charge < -0.3 is 9.47 Å². The summed E-state index contributed by atoms with van der Waals surface area (Å²) in [6, 6.07) is 11.3. The third-order valence-corrected chi connectivity index (χ3v) is 4.59. The Kier molecular flexibility index (Phi) is 5.76. The summed E-state index contributed by atoms with van der Waals surface area (Å²) >= 11 is 0. The zero-order valence-corrected chi connectivity index (χ0v) is 14.5. The summed E-state index contributed by atoms with van der Waals surface area (Å²) in [4.78, 5) is 23.0. The highest BCUT2D eigenvalue weighted by atomic mass is 32.2. The molecular formula is C17H17NO6S. The second kappa shape index (κ2) is 7.80. The molecule has 0 fully saturated rings. The Morgan fingerprint density at radius 1 is 1.00 bits per heavy atom. The Morgan fingerprint density at radius 2 is 1.68 bits per heavy atom. The Bertz CT molecular complexity index is 874. The van der Waals surface area contributed by atoms with E-state index >= 15 is 0 Å². The third kappa shape index (κ3) is 4.57. The Morgan fingerprint density at radius 3 is 2.28 bits per heavy atom. The van der Waals surface area contributed by atoms with Crippen LogP contribution in [-0.2, 0) is 19.5 Å². The van der Waals surface area contributed by atoms with Crippen molar-refractivity contribution in [2.24, 2.45) is 0 Å². The van der Waals surface area contributed by atoms with Gasteiger partial charge >= 0.3 is 11.9 Å². The van der Waals surface area contributed by atoms with E-state index in [0.29, 0.717) is 5.56 Å². The highest BCUT2D eigenvalue weighted by Crippen LogP contribution is 2.18. The van der Waals surface area contributed by atoms with Gasteiger partial charge in [-0.2, -0.15) is 0 Å². The lowest BCUT2D eigenvalue weighted by Gasteiger charge is -2.09. The first kappa shape index (κ1) is 18.5. The van der Waals surface area contributed by atoms with Gasteiger partial charge in [0.2, 0.25) is 0 Å². The van der Waals surface area contributed by atoms with Crippen molar-refractivity contribution in [3.63, 3.8) is 0 Å². The van der Waals surface area contributed by atoms with Crippen LogP contribution in [0.2, 0.25) is 0 Å². The highest BCUT2D eigenvalue weighted by molar-refractivity contribution is 7.92. The minimum atomic E-state index is -3.89. The topological polar surface area (TPSA) is 98.8 Å². The Balaban J connectivity index is 2.21. The van der Waals surface area contributed by atoms with E-state index in [-0.39, 0.29) is 22.8 Å². The van der Waals surface area contributed by atoms with Crippen LogP contribution in [0.5, 0.6) is 0 Å². The zero-order valence-electron chi connectivity index (χ0n) is 13.7. The predicted molar refractivity (Wildman–Crippen MR) is 91.0 cm³/mol. The molecule has 0 unspecified atom stereocenters. The number of carbonyl (C=O) groups is 2. The number of nitrogens with one attached hydrogen (secondary N) is 1. The third-order valence-electron chi connectivity index (χ3n) is 3.21. The van der Waals surface area contributed by atoms with Crippen molar-refractivity contribution < 1.29 is 27.5 Å². The summed E-state index contributed by atoms with van der Waals surface area (Å²) in [5, 5.41) is 0. The lowest BCUT2D eigenvalue weighted by Crippen LogP contribution is -2.14. The molecule has 0 aliphatic heterocycles.